The van der Waals surface area contributed by atoms with Gasteiger partial charge in [0.15, 0.2) is 0 Å². The third-order valence-electron chi connectivity index (χ3n) is 4.74. The number of carbonyl (C=O) groups excluding carboxylic acids is 1. The molecule has 1 aliphatic carbocycles. The fourth-order valence-corrected chi connectivity index (χ4v) is 4.24. The Labute approximate surface area is 91.4 Å². The van der Waals surface area contributed by atoms with Gasteiger partial charge >= 0.3 is 0 Å². The summed E-state index contributed by atoms with van der Waals surface area (Å²) in [6.45, 7) is 6.86. The lowest BCUT2D eigenvalue weighted by atomic mass is 9.81. The van der Waals surface area contributed by atoms with E-state index < -0.39 is 0 Å². The standard InChI is InChI=1S/C13H20O2/c1-12(2)6-9-10(7-12)13(3)5-8(14)4-11(9)15-13/h9-11H,4-7H2,1-3H3/t9-,10+,11+,13-/m1/s1. The summed E-state index contributed by atoms with van der Waals surface area (Å²) >= 11 is 0. The van der Waals surface area contributed by atoms with E-state index in [-0.39, 0.29) is 11.7 Å². The van der Waals surface area contributed by atoms with Crippen molar-refractivity contribution in [3.8, 4) is 0 Å². The van der Waals surface area contributed by atoms with Crippen LogP contribution < -0.4 is 0 Å². The van der Waals surface area contributed by atoms with Gasteiger partial charge in [0.05, 0.1) is 11.7 Å². The van der Waals surface area contributed by atoms with Gasteiger partial charge < -0.3 is 4.74 Å². The number of hydrogen-bond acceptors (Lipinski definition) is 2. The SMILES string of the molecule is CC1(C)C[C@H]2[C@@H]3CC(=O)C[C@@](C)(O3)[C@H]2C1. The molecule has 3 aliphatic rings. The number of carbonyl (C=O) groups is 1. The Morgan fingerprint density at radius 1 is 1.27 bits per heavy atom. The second-order valence-corrected chi connectivity index (χ2v) is 6.73. The van der Waals surface area contributed by atoms with Gasteiger partial charge in [0.1, 0.15) is 5.78 Å². The van der Waals surface area contributed by atoms with E-state index in [2.05, 4.69) is 20.8 Å². The topological polar surface area (TPSA) is 26.3 Å². The van der Waals surface area contributed by atoms with E-state index in [1.807, 2.05) is 0 Å². The average Bonchev–Trinajstić information content (AvgIpc) is 2.47. The predicted octanol–water partition coefficient (Wildman–Crippen LogP) is 2.56. The van der Waals surface area contributed by atoms with Gasteiger partial charge in [0, 0.05) is 12.8 Å². The van der Waals surface area contributed by atoms with E-state index in [0.717, 1.165) is 0 Å². The van der Waals surface area contributed by atoms with Gasteiger partial charge in [0.25, 0.3) is 0 Å². The van der Waals surface area contributed by atoms with Gasteiger partial charge in [-0.2, -0.15) is 0 Å². The summed E-state index contributed by atoms with van der Waals surface area (Å²) in [7, 11) is 0. The Hall–Kier alpha value is -0.370. The largest absolute Gasteiger partial charge is 0.371 e. The molecular weight excluding hydrogens is 188 g/mol. The van der Waals surface area contributed by atoms with Crippen molar-refractivity contribution >= 4 is 5.78 Å². The van der Waals surface area contributed by atoms with Crippen molar-refractivity contribution in [1.29, 1.82) is 0 Å². The summed E-state index contributed by atoms with van der Waals surface area (Å²) in [6, 6.07) is 0. The molecule has 2 saturated heterocycles. The van der Waals surface area contributed by atoms with Crippen LogP contribution >= 0.6 is 0 Å². The lowest BCUT2D eigenvalue weighted by Gasteiger charge is -2.34. The molecule has 3 fully saturated rings. The molecule has 0 unspecified atom stereocenters. The first kappa shape index (κ1) is 9.83. The summed E-state index contributed by atoms with van der Waals surface area (Å²) in [6.07, 6.45) is 4.04. The Morgan fingerprint density at radius 3 is 2.73 bits per heavy atom. The number of hydrogen-bond donors (Lipinski definition) is 0. The third-order valence-corrected chi connectivity index (χ3v) is 4.74. The Bertz CT molecular complexity index is 320. The molecule has 2 nitrogen and oxygen atoms in total. The smallest absolute Gasteiger partial charge is 0.138 e. The van der Waals surface area contributed by atoms with E-state index in [4.69, 9.17) is 4.74 Å². The van der Waals surface area contributed by atoms with Crippen molar-refractivity contribution in [3.63, 3.8) is 0 Å². The third kappa shape index (κ3) is 1.30. The highest BCUT2D eigenvalue weighted by molar-refractivity contribution is 5.81. The Morgan fingerprint density at radius 2 is 2.00 bits per heavy atom. The molecule has 0 spiro atoms. The first-order valence-corrected chi connectivity index (χ1v) is 6.09. The van der Waals surface area contributed by atoms with Crippen molar-refractivity contribution in [3.05, 3.63) is 0 Å². The van der Waals surface area contributed by atoms with E-state index in [1.165, 1.54) is 12.8 Å². The normalized spacial score (nSPS) is 51.9. The summed E-state index contributed by atoms with van der Waals surface area (Å²) in [5.74, 6) is 1.70. The molecule has 84 valence electrons. The molecular formula is C13H20O2. The Balaban J connectivity index is 1.95. The van der Waals surface area contributed by atoms with E-state index in [1.54, 1.807) is 0 Å². The van der Waals surface area contributed by atoms with E-state index in [9.17, 15) is 4.79 Å². The second kappa shape index (κ2) is 2.65. The number of fused-ring (bicyclic) bond motifs is 5. The van der Waals surface area contributed by atoms with Crippen molar-refractivity contribution in [1.82, 2.24) is 0 Å². The minimum Gasteiger partial charge on any atom is -0.371 e. The molecule has 2 bridgehead atoms. The molecule has 0 aromatic rings. The summed E-state index contributed by atoms with van der Waals surface area (Å²) in [4.78, 5) is 11.6. The van der Waals surface area contributed by atoms with Crippen LogP contribution in [0.25, 0.3) is 0 Å². The van der Waals surface area contributed by atoms with Gasteiger partial charge in [-0.05, 0) is 37.0 Å². The van der Waals surface area contributed by atoms with Gasteiger partial charge in [0.2, 0.25) is 0 Å². The van der Waals surface area contributed by atoms with Gasteiger partial charge in [-0.3, -0.25) is 4.79 Å². The Kier molecular flexibility index (Phi) is 1.74. The number of ketones is 1. The first-order chi connectivity index (χ1) is 6.90. The van der Waals surface area contributed by atoms with Crippen LogP contribution in [0.1, 0.15) is 46.5 Å². The molecule has 2 heteroatoms. The van der Waals surface area contributed by atoms with Gasteiger partial charge in [-0.1, -0.05) is 13.8 Å². The zero-order valence-corrected chi connectivity index (χ0v) is 9.88. The van der Waals surface area contributed by atoms with Crippen molar-refractivity contribution in [2.75, 3.05) is 0 Å². The number of ether oxygens (including phenoxy) is 1. The number of rotatable bonds is 0. The van der Waals surface area contributed by atoms with Crippen LogP contribution in [0.15, 0.2) is 0 Å². The zero-order valence-electron chi connectivity index (χ0n) is 9.88. The molecule has 0 aromatic carbocycles. The van der Waals surface area contributed by atoms with E-state index in [0.29, 0.717) is 35.9 Å². The van der Waals surface area contributed by atoms with Crippen LogP contribution in [0.5, 0.6) is 0 Å². The summed E-state index contributed by atoms with van der Waals surface area (Å²) in [5.41, 5.74) is 0.331. The van der Waals surface area contributed by atoms with Crippen molar-refractivity contribution < 1.29 is 9.53 Å². The highest BCUT2D eigenvalue weighted by Gasteiger charge is 2.60. The molecule has 4 atom stereocenters. The second-order valence-electron chi connectivity index (χ2n) is 6.73. The fraction of sp³-hybridized carbons (Fsp3) is 0.923. The maximum atomic E-state index is 11.6. The molecule has 0 radical (unpaired) electrons. The zero-order chi connectivity index (χ0) is 10.8. The maximum absolute atomic E-state index is 11.6. The highest BCUT2D eigenvalue weighted by atomic mass is 16.5. The molecule has 1 saturated carbocycles. The van der Waals surface area contributed by atoms with Crippen LogP contribution in [-0.2, 0) is 9.53 Å². The van der Waals surface area contributed by atoms with Crippen molar-refractivity contribution in [2.45, 2.75) is 58.2 Å². The highest BCUT2D eigenvalue weighted by Crippen LogP contribution is 2.59. The van der Waals surface area contributed by atoms with Crippen molar-refractivity contribution in [2.24, 2.45) is 17.3 Å². The molecule has 2 aliphatic heterocycles. The quantitative estimate of drug-likeness (QED) is 0.611. The van der Waals surface area contributed by atoms with Crippen LogP contribution in [0.3, 0.4) is 0 Å². The fourth-order valence-electron chi connectivity index (χ4n) is 4.24. The average molecular weight is 208 g/mol. The molecule has 2 heterocycles. The van der Waals surface area contributed by atoms with Crippen LogP contribution in [0.2, 0.25) is 0 Å². The molecule has 0 amide bonds. The van der Waals surface area contributed by atoms with Crippen LogP contribution in [0.4, 0.5) is 0 Å². The lowest BCUT2D eigenvalue weighted by molar-refractivity contribution is -0.143. The minimum absolute atomic E-state index is 0.127. The minimum atomic E-state index is -0.127. The molecule has 0 aromatic heterocycles. The molecule has 0 N–H and O–H groups in total. The lowest BCUT2D eigenvalue weighted by Crippen LogP contribution is -2.39. The molecule has 3 rings (SSSR count). The number of Topliss-reactive ketones (excluding diaryl/α,β-unsaturated/α-hetero) is 1. The summed E-state index contributed by atoms with van der Waals surface area (Å²) in [5, 5.41) is 0. The predicted molar refractivity (Wildman–Crippen MR) is 57.5 cm³/mol. The first-order valence-electron chi connectivity index (χ1n) is 6.09. The monoisotopic (exact) mass is 208 g/mol. The van der Waals surface area contributed by atoms with Crippen LogP contribution in [-0.4, -0.2) is 17.5 Å². The van der Waals surface area contributed by atoms with Crippen LogP contribution in [0, 0.1) is 17.3 Å². The van der Waals surface area contributed by atoms with Gasteiger partial charge in [-0.25, -0.2) is 0 Å². The summed E-state index contributed by atoms with van der Waals surface area (Å²) < 4.78 is 6.09. The molecule has 15 heavy (non-hydrogen) atoms. The maximum Gasteiger partial charge on any atom is 0.138 e. The van der Waals surface area contributed by atoms with E-state index >= 15 is 0 Å². The van der Waals surface area contributed by atoms with Gasteiger partial charge in [-0.15, -0.1) is 0 Å².